The highest BCUT2D eigenvalue weighted by atomic mass is 32.2. The molecule has 0 amide bonds. The van der Waals surface area contributed by atoms with E-state index in [0.717, 1.165) is 17.1 Å². The van der Waals surface area contributed by atoms with Crippen LogP contribution in [0, 0.1) is 6.92 Å². The van der Waals surface area contributed by atoms with Gasteiger partial charge in [-0.05, 0) is 43.8 Å². The molecule has 0 unspecified atom stereocenters. The highest BCUT2D eigenvalue weighted by Crippen LogP contribution is 2.13. The van der Waals surface area contributed by atoms with E-state index in [-0.39, 0.29) is 4.90 Å². The zero-order chi connectivity index (χ0) is 14.6. The molecule has 20 heavy (non-hydrogen) atoms. The summed E-state index contributed by atoms with van der Waals surface area (Å²) < 4.78 is 25.8. The minimum absolute atomic E-state index is 0.261. The Balaban J connectivity index is 2.13. The van der Waals surface area contributed by atoms with E-state index in [1.807, 2.05) is 31.2 Å². The van der Waals surface area contributed by atoms with Gasteiger partial charge in [0.05, 0.1) is 4.90 Å². The number of aryl methyl sites for hydroxylation is 1. The number of hydrogen-bond acceptors (Lipinski definition) is 4. The summed E-state index contributed by atoms with van der Waals surface area (Å²) in [5.41, 5.74) is 1.81. The van der Waals surface area contributed by atoms with Crippen LogP contribution in [0.1, 0.15) is 11.3 Å². The summed E-state index contributed by atoms with van der Waals surface area (Å²) in [5, 5.41) is 3.17. The van der Waals surface area contributed by atoms with Crippen LogP contribution < -0.4 is 10.0 Å². The van der Waals surface area contributed by atoms with Gasteiger partial charge in [0.25, 0.3) is 0 Å². The van der Waals surface area contributed by atoms with E-state index in [9.17, 15) is 8.42 Å². The molecule has 0 fully saturated rings. The fraction of sp³-hybridized carbons (Fsp3) is 0.214. The SMILES string of the molecule is CNS(=O)(=O)c1cccc(CNc2cccc(C)n2)c1. The van der Waals surface area contributed by atoms with Crippen molar-refractivity contribution in [3.63, 3.8) is 0 Å². The molecule has 2 aromatic rings. The second-order valence-corrected chi connectivity index (χ2v) is 6.26. The molecule has 0 aliphatic rings. The van der Waals surface area contributed by atoms with Crippen LogP contribution in [-0.2, 0) is 16.6 Å². The van der Waals surface area contributed by atoms with Crippen LogP contribution in [0.3, 0.4) is 0 Å². The van der Waals surface area contributed by atoms with Crippen molar-refractivity contribution in [2.24, 2.45) is 0 Å². The lowest BCUT2D eigenvalue weighted by Gasteiger charge is -2.08. The van der Waals surface area contributed by atoms with Gasteiger partial charge in [-0.15, -0.1) is 0 Å². The molecule has 2 N–H and O–H groups in total. The Morgan fingerprint density at radius 1 is 1.15 bits per heavy atom. The summed E-state index contributed by atoms with van der Waals surface area (Å²) >= 11 is 0. The first-order chi connectivity index (χ1) is 9.51. The number of nitrogens with one attached hydrogen (secondary N) is 2. The summed E-state index contributed by atoms with van der Waals surface area (Å²) in [4.78, 5) is 4.59. The van der Waals surface area contributed by atoms with E-state index < -0.39 is 10.0 Å². The Labute approximate surface area is 119 Å². The number of rotatable bonds is 5. The van der Waals surface area contributed by atoms with Gasteiger partial charge in [0.15, 0.2) is 0 Å². The predicted octanol–water partition coefficient (Wildman–Crippen LogP) is 1.91. The average molecular weight is 291 g/mol. The first kappa shape index (κ1) is 14.5. The molecule has 0 bridgehead atoms. The van der Waals surface area contributed by atoms with Gasteiger partial charge in [0, 0.05) is 12.2 Å². The summed E-state index contributed by atoms with van der Waals surface area (Å²) in [6.45, 7) is 2.44. The van der Waals surface area contributed by atoms with Crippen LogP contribution >= 0.6 is 0 Å². The third kappa shape index (κ3) is 3.55. The van der Waals surface area contributed by atoms with Gasteiger partial charge in [0.2, 0.25) is 10.0 Å². The Kier molecular flexibility index (Phi) is 4.36. The monoisotopic (exact) mass is 291 g/mol. The van der Waals surface area contributed by atoms with Crippen molar-refractivity contribution < 1.29 is 8.42 Å². The number of aromatic nitrogens is 1. The third-order valence-electron chi connectivity index (χ3n) is 2.84. The Morgan fingerprint density at radius 3 is 2.60 bits per heavy atom. The van der Waals surface area contributed by atoms with Gasteiger partial charge in [-0.25, -0.2) is 18.1 Å². The van der Waals surface area contributed by atoms with Gasteiger partial charge >= 0.3 is 0 Å². The lowest BCUT2D eigenvalue weighted by Crippen LogP contribution is -2.18. The van der Waals surface area contributed by atoms with Crippen molar-refractivity contribution in [2.45, 2.75) is 18.4 Å². The zero-order valence-corrected chi connectivity index (χ0v) is 12.2. The summed E-state index contributed by atoms with van der Waals surface area (Å²) in [7, 11) is -2.00. The predicted molar refractivity (Wildman–Crippen MR) is 79.0 cm³/mol. The molecule has 106 valence electrons. The molecule has 1 aromatic heterocycles. The van der Waals surface area contributed by atoms with Crippen LogP contribution in [0.15, 0.2) is 47.4 Å². The number of pyridine rings is 1. The first-order valence-corrected chi connectivity index (χ1v) is 7.69. The quantitative estimate of drug-likeness (QED) is 0.883. The second-order valence-electron chi connectivity index (χ2n) is 4.37. The van der Waals surface area contributed by atoms with Gasteiger partial charge in [-0.3, -0.25) is 0 Å². The van der Waals surface area contributed by atoms with E-state index in [2.05, 4.69) is 15.0 Å². The molecule has 0 spiro atoms. The maximum Gasteiger partial charge on any atom is 0.240 e. The summed E-state index contributed by atoms with van der Waals surface area (Å²) in [6, 6.07) is 12.5. The molecule has 0 aliphatic carbocycles. The molecule has 0 saturated carbocycles. The molecule has 0 aliphatic heterocycles. The van der Waals surface area contributed by atoms with E-state index in [1.54, 1.807) is 18.2 Å². The lowest BCUT2D eigenvalue weighted by atomic mass is 10.2. The van der Waals surface area contributed by atoms with E-state index in [0.29, 0.717) is 6.54 Å². The molecule has 0 radical (unpaired) electrons. The molecule has 2 rings (SSSR count). The molecule has 5 nitrogen and oxygen atoms in total. The van der Waals surface area contributed by atoms with Crippen LogP contribution in [0.25, 0.3) is 0 Å². The first-order valence-electron chi connectivity index (χ1n) is 6.21. The highest BCUT2D eigenvalue weighted by molar-refractivity contribution is 7.89. The topological polar surface area (TPSA) is 71.1 Å². The molecule has 6 heteroatoms. The van der Waals surface area contributed by atoms with Crippen LogP contribution in [0.5, 0.6) is 0 Å². The van der Waals surface area contributed by atoms with Gasteiger partial charge in [-0.2, -0.15) is 0 Å². The van der Waals surface area contributed by atoms with Crippen LogP contribution in [0.4, 0.5) is 5.82 Å². The number of hydrogen-bond donors (Lipinski definition) is 2. The molecular weight excluding hydrogens is 274 g/mol. The van der Waals surface area contributed by atoms with Crippen molar-refractivity contribution in [3.05, 3.63) is 53.7 Å². The molecule has 0 saturated heterocycles. The maximum absolute atomic E-state index is 11.7. The maximum atomic E-state index is 11.7. The van der Waals surface area contributed by atoms with E-state index >= 15 is 0 Å². The molecule has 0 atom stereocenters. The normalized spacial score (nSPS) is 11.3. The van der Waals surface area contributed by atoms with Crippen molar-refractivity contribution in [3.8, 4) is 0 Å². The minimum Gasteiger partial charge on any atom is -0.366 e. The molecule has 1 heterocycles. The largest absolute Gasteiger partial charge is 0.366 e. The van der Waals surface area contributed by atoms with Gasteiger partial charge in [0.1, 0.15) is 5.82 Å². The van der Waals surface area contributed by atoms with Crippen molar-refractivity contribution in [1.29, 1.82) is 0 Å². The number of anilines is 1. The van der Waals surface area contributed by atoms with Gasteiger partial charge in [-0.1, -0.05) is 18.2 Å². The zero-order valence-electron chi connectivity index (χ0n) is 11.4. The molecular formula is C14H17N3O2S. The van der Waals surface area contributed by atoms with Gasteiger partial charge < -0.3 is 5.32 Å². The minimum atomic E-state index is -3.40. The number of nitrogens with zero attached hydrogens (tertiary/aromatic N) is 1. The number of sulfonamides is 1. The Morgan fingerprint density at radius 2 is 1.90 bits per heavy atom. The van der Waals surface area contributed by atoms with Crippen molar-refractivity contribution in [2.75, 3.05) is 12.4 Å². The van der Waals surface area contributed by atoms with Crippen molar-refractivity contribution >= 4 is 15.8 Å². The van der Waals surface area contributed by atoms with E-state index in [4.69, 9.17) is 0 Å². The number of benzene rings is 1. The summed E-state index contributed by atoms with van der Waals surface area (Å²) in [5.74, 6) is 0.770. The van der Waals surface area contributed by atoms with Crippen LogP contribution in [-0.4, -0.2) is 20.4 Å². The molecule has 1 aromatic carbocycles. The third-order valence-corrected chi connectivity index (χ3v) is 4.25. The smallest absolute Gasteiger partial charge is 0.240 e. The Hall–Kier alpha value is -1.92. The average Bonchev–Trinajstić information content (AvgIpc) is 2.45. The second kappa shape index (κ2) is 6.02. The van der Waals surface area contributed by atoms with E-state index in [1.165, 1.54) is 7.05 Å². The Bertz CT molecular complexity index is 699. The fourth-order valence-corrected chi connectivity index (χ4v) is 2.57. The summed E-state index contributed by atoms with van der Waals surface area (Å²) in [6.07, 6.45) is 0. The highest BCUT2D eigenvalue weighted by Gasteiger charge is 2.11. The lowest BCUT2D eigenvalue weighted by molar-refractivity contribution is 0.588. The van der Waals surface area contributed by atoms with Crippen LogP contribution in [0.2, 0.25) is 0 Å². The van der Waals surface area contributed by atoms with Crippen molar-refractivity contribution in [1.82, 2.24) is 9.71 Å². The fourth-order valence-electron chi connectivity index (χ4n) is 1.77. The standard InChI is InChI=1S/C14H17N3O2S/c1-11-5-3-8-14(17-11)16-10-12-6-4-7-13(9-12)20(18,19)15-2/h3-9,15H,10H2,1-2H3,(H,16,17).